The van der Waals surface area contributed by atoms with Crippen molar-refractivity contribution in [2.45, 2.75) is 26.4 Å². The van der Waals surface area contributed by atoms with E-state index < -0.39 is 18.5 Å². The maximum absolute atomic E-state index is 12.2. The maximum atomic E-state index is 12.2. The van der Waals surface area contributed by atoms with Crippen LogP contribution in [0.4, 0.5) is 18.9 Å². The number of anilines is 1. The first-order valence-electron chi connectivity index (χ1n) is 6.41. The maximum Gasteiger partial charge on any atom is 0.390 e. The van der Waals surface area contributed by atoms with Crippen LogP contribution in [0, 0.1) is 6.92 Å². The summed E-state index contributed by atoms with van der Waals surface area (Å²) >= 11 is 0. The number of hydrogen-bond acceptors (Lipinski definition) is 2. The molecule has 1 aromatic rings. The minimum atomic E-state index is -4.26. The number of halogens is 3. The van der Waals surface area contributed by atoms with Crippen molar-refractivity contribution in [3.8, 4) is 0 Å². The molecule has 0 heterocycles. The Kier molecular flexibility index (Phi) is 5.42. The zero-order chi connectivity index (χ0) is 15.3. The monoisotopic (exact) mass is 288 g/mol. The highest BCUT2D eigenvalue weighted by Gasteiger charge is 2.28. The van der Waals surface area contributed by atoms with Gasteiger partial charge in [0.05, 0.1) is 12.0 Å². The Hall–Kier alpha value is -1.72. The molecule has 1 rings (SSSR count). The minimum absolute atomic E-state index is 0.345. The smallest absolute Gasteiger partial charge is 0.385 e. The van der Waals surface area contributed by atoms with Gasteiger partial charge in [-0.25, -0.2) is 0 Å². The zero-order valence-electron chi connectivity index (χ0n) is 11.8. The highest BCUT2D eigenvalue weighted by Crippen LogP contribution is 2.22. The van der Waals surface area contributed by atoms with E-state index >= 15 is 0 Å². The Morgan fingerprint density at radius 3 is 2.55 bits per heavy atom. The first kappa shape index (κ1) is 16.3. The molecule has 0 fully saturated rings. The molecule has 0 saturated heterocycles. The lowest BCUT2D eigenvalue weighted by Crippen LogP contribution is -2.31. The molecule has 0 aliphatic rings. The molecule has 0 bridgehead atoms. The molecular weight excluding hydrogens is 269 g/mol. The van der Waals surface area contributed by atoms with E-state index in [2.05, 4.69) is 5.32 Å². The number of nitrogens with one attached hydrogen (secondary N) is 1. The number of carbonyl (C=O) groups is 1. The van der Waals surface area contributed by atoms with Gasteiger partial charge in [0.2, 0.25) is 0 Å². The summed E-state index contributed by atoms with van der Waals surface area (Å²) in [6.07, 6.45) is -5.26. The largest absolute Gasteiger partial charge is 0.390 e. The molecular formula is C14H19F3N2O. The summed E-state index contributed by atoms with van der Waals surface area (Å²) in [5.41, 5.74) is 1.93. The topological polar surface area (TPSA) is 32.3 Å². The number of hydrogen-bond donors (Lipinski definition) is 1. The lowest BCUT2D eigenvalue weighted by Gasteiger charge is -2.20. The molecule has 20 heavy (non-hydrogen) atoms. The summed E-state index contributed by atoms with van der Waals surface area (Å²) in [6.45, 7) is 4.02. The molecule has 0 aromatic heterocycles. The second kappa shape index (κ2) is 6.63. The van der Waals surface area contributed by atoms with Gasteiger partial charge >= 0.3 is 6.18 Å². The Morgan fingerprint density at radius 1 is 1.35 bits per heavy atom. The molecule has 0 radical (unpaired) electrons. The van der Waals surface area contributed by atoms with Gasteiger partial charge < -0.3 is 10.2 Å². The molecule has 1 amide bonds. The number of carbonyl (C=O) groups excluding carboxylic acids is 1. The van der Waals surface area contributed by atoms with E-state index in [0.717, 1.165) is 10.5 Å². The lowest BCUT2D eigenvalue weighted by molar-refractivity contribution is -0.136. The second-order valence-electron chi connectivity index (χ2n) is 4.67. The van der Waals surface area contributed by atoms with Crippen molar-refractivity contribution in [3.05, 3.63) is 29.3 Å². The second-order valence-corrected chi connectivity index (χ2v) is 4.67. The average Bonchev–Trinajstić information content (AvgIpc) is 2.36. The third kappa shape index (κ3) is 4.75. The third-order valence-electron chi connectivity index (χ3n) is 2.85. The zero-order valence-corrected chi connectivity index (χ0v) is 11.8. The van der Waals surface area contributed by atoms with E-state index in [-0.39, 0.29) is 6.54 Å². The lowest BCUT2D eigenvalue weighted by atomic mass is 10.1. The van der Waals surface area contributed by atoms with Crippen molar-refractivity contribution in [2.75, 3.05) is 25.5 Å². The van der Waals surface area contributed by atoms with E-state index in [1.807, 2.05) is 19.9 Å². The van der Waals surface area contributed by atoms with Crippen molar-refractivity contribution in [3.63, 3.8) is 0 Å². The van der Waals surface area contributed by atoms with Gasteiger partial charge in [-0.05, 0) is 26.0 Å². The SMILES string of the molecule is CCNc1ccc(C)cc1C(=O)N(C)CCC(F)(F)F. The van der Waals surface area contributed by atoms with E-state index in [0.29, 0.717) is 17.8 Å². The number of rotatable bonds is 5. The van der Waals surface area contributed by atoms with Gasteiger partial charge in [-0.2, -0.15) is 13.2 Å². The predicted molar refractivity (Wildman–Crippen MR) is 73.0 cm³/mol. The van der Waals surface area contributed by atoms with Crippen LogP contribution in [0.25, 0.3) is 0 Å². The quantitative estimate of drug-likeness (QED) is 0.900. The van der Waals surface area contributed by atoms with E-state index in [9.17, 15) is 18.0 Å². The Morgan fingerprint density at radius 2 is 2.00 bits per heavy atom. The molecule has 6 heteroatoms. The van der Waals surface area contributed by atoms with Crippen LogP contribution in [-0.4, -0.2) is 37.1 Å². The average molecular weight is 288 g/mol. The number of alkyl halides is 3. The molecule has 0 atom stereocenters. The predicted octanol–water partition coefficient (Wildman–Crippen LogP) is 3.45. The molecule has 112 valence electrons. The number of nitrogens with zero attached hydrogens (tertiary/aromatic N) is 1. The summed E-state index contributed by atoms with van der Waals surface area (Å²) in [4.78, 5) is 13.3. The van der Waals surface area contributed by atoms with Crippen molar-refractivity contribution in [1.82, 2.24) is 4.90 Å². The van der Waals surface area contributed by atoms with Crippen molar-refractivity contribution in [2.24, 2.45) is 0 Å². The Labute approximate surface area is 116 Å². The fourth-order valence-corrected chi connectivity index (χ4v) is 1.78. The van der Waals surface area contributed by atoms with Crippen molar-refractivity contribution >= 4 is 11.6 Å². The Bertz CT molecular complexity index is 472. The number of aryl methyl sites for hydroxylation is 1. The van der Waals surface area contributed by atoms with Crippen molar-refractivity contribution in [1.29, 1.82) is 0 Å². The van der Waals surface area contributed by atoms with Crippen LogP contribution < -0.4 is 5.32 Å². The van der Waals surface area contributed by atoms with Crippen LogP contribution in [0.1, 0.15) is 29.3 Å². The van der Waals surface area contributed by atoms with E-state index in [1.54, 1.807) is 12.1 Å². The van der Waals surface area contributed by atoms with Gasteiger partial charge in [0.15, 0.2) is 0 Å². The van der Waals surface area contributed by atoms with E-state index in [4.69, 9.17) is 0 Å². The summed E-state index contributed by atoms with van der Waals surface area (Å²) in [7, 11) is 1.38. The highest BCUT2D eigenvalue weighted by molar-refractivity contribution is 5.99. The first-order chi connectivity index (χ1) is 9.24. The van der Waals surface area contributed by atoms with Gasteiger partial charge in [-0.15, -0.1) is 0 Å². The van der Waals surface area contributed by atoms with Crippen LogP contribution >= 0.6 is 0 Å². The van der Waals surface area contributed by atoms with Crippen molar-refractivity contribution < 1.29 is 18.0 Å². The number of amides is 1. The van der Waals surface area contributed by atoms with Gasteiger partial charge in [0, 0.05) is 25.8 Å². The summed E-state index contributed by atoms with van der Waals surface area (Å²) in [5.74, 6) is -0.408. The van der Waals surface area contributed by atoms with Crippen LogP contribution in [0.15, 0.2) is 18.2 Å². The van der Waals surface area contributed by atoms with Crippen LogP contribution in [-0.2, 0) is 0 Å². The Balaban J connectivity index is 2.87. The third-order valence-corrected chi connectivity index (χ3v) is 2.85. The standard InChI is InChI=1S/C14H19F3N2O/c1-4-18-12-6-5-10(2)9-11(12)13(20)19(3)8-7-14(15,16)17/h5-6,9,18H,4,7-8H2,1-3H3. The normalized spacial score (nSPS) is 11.3. The minimum Gasteiger partial charge on any atom is -0.385 e. The summed E-state index contributed by atoms with van der Waals surface area (Å²) in [5, 5.41) is 3.04. The molecule has 3 nitrogen and oxygen atoms in total. The highest BCUT2D eigenvalue weighted by atomic mass is 19.4. The van der Waals surface area contributed by atoms with Crippen LogP contribution in [0.3, 0.4) is 0 Å². The van der Waals surface area contributed by atoms with Crippen LogP contribution in [0.5, 0.6) is 0 Å². The van der Waals surface area contributed by atoms with Crippen LogP contribution in [0.2, 0.25) is 0 Å². The fraction of sp³-hybridized carbons (Fsp3) is 0.500. The number of benzene rings is 1. The summed E-state index contributed by atoms with van der Waals surface area (Å²) < 4.78 is 36.6. The molecule has 1 N–H and O–H groups in total. The van der Waals surface area contributed by atoms with Gasteiger partial charge in [0.1, 0.15) is 0 Å². The molecule has 0 spiro atoms. The van der Waals surface area contributed by atoms with Gasteiger partial charge in [0.25, 0.3) is 5.91 Å². The molecule has 0 unspecified atom stereocenters. The fourth-order valence-electron chi connectivity index (χ4n) is 1.78. The van der Waals surface area contributed by atoms with E-state index in [1.165, 1.54) is 7.05 Å². The molecule has 1 aromatic carbocycles. The molecule has 0 aliphatic heterocycles. The molecule has 0 aliphatic carbocycles. The summed E-state index contributed by atoms with van der Waals surface area (Å²) in [6, 6.07) is 5.30. The first-order valence-corrected chi connectivity index (χ1v) is 6.41. The molecule has 0 saturated carbocycles. The van der Waals surface area contributed by atoms with Gasteiger partial charge in [-0.1, -0.05) is 11.6 Å². The van der Waals surface area contributed by atoms with Gasteiger partial charge in [-0.3, -0.25) is 4.79 Å².